The predicted molar refractivity (Wildman–Crippen MR) is 79.2 cm³/mol. The van der Waals surface area contributed by atoms with Gasteiger partial charge >= 0.3 is 5.97 Å². The minimum Gasteiger partial charge on any atom is -0.465 e. The Hall–Kier alpha value is -2.56. The van der Waals surface area contributed by atoms with Crippen molar-refractivity contribution in [3.8, 4) is 0 Å². The number of ether oxygens (including phenoxy) is 1. The average Bonchev–Trinajstić information content (AvgIpc) is 2.44. The van der Waals surface area contributed by atoms with Crippen molar-refractivity contribution < 1.29 is 9.53 Å². The fourth-order valence-electron chi connectivity index (χ4n) is 1.86. The van der Waals surface area contributed by atoms with Crippen molar-refractivity contribution in [2.75, 3.05) is 18.2 Å². The van der Waals surface area contributed by atoms with Crippen LogP contribution in [0.5, 0.6) is 0 Å². The monoisotopic (exact) mass is 271 g/mol. The number of aromatic nitrogens is 1. The van der Waals surface area contributed by atoms with Crippen LogP contribution in [-0.4, -0.2) is 18.1 Å². The maximum atomic E-state index is 11.6. The van der Waals surface area contributed by atoms with Gasteiger partial charge in [0.25, 0.3) is 0 Å². The van der Waals surface area contributed by atoms with Gasteiger partial charge in [0, 0.05) is 11.9 Å². The number of pyridine rings is 1. The second-order valence-electron chi connectivity index (χ2n) is 4.56. The molecule has 5 nitrogen and oxygen atoms in total. The highest BCUT2D eigenvalue weighted by Crippen LogP contribution is 2.26. The predicted octanol–water partition coefficient (Wildman–Crippen LogP) is 2.81. The molecule has 20 heavy (non-hydrogen) atoms. The van der Waals surface area contributed by atoms with Crippen LogP contribution in [0.3, 0.4) is 0 Å². The van der Waals surface area contributed by atoms with E-state index in [0.29, 0.717) is 11.4 Å². The lowest BCUT2D eigenvalue weighted by Gasteiger charge is -2.13. The molecule has 0 aliphatic carbocycles. The lowest BCUT2D eigenvalue weighted by molar-refractivity contribution is 0.0602. The molecule has 0 unspecified atom stereocenters. The molecule has 0 saturated carbocycles. The molecule has 5 heteroatoms. The van der Waals surface area contributed by atoms with Gasteiger partial charge in [-0.2, -0.15) is 0 Å². The Labute approximate surface area is 117 Å². The first-order valence-corrected chi connectivity index (χ1v) is 6.20. The van der Waals surface area contributed by atoms with Crippen molar-refractivity contribution in [2.45, 2.75) is 13.8 Å². The van der Waals surface area contributed by atoms with Gasteiger partial charge in [0.15, 0.2) is 5.82 Å². The zero-order valence-electron chi connectivity index (χ0n) is 11.7. The van der Waals surface area contributed by atoms with Crippen molar-refractivity contribution in [1.29, 1.82) is 0 Å². The van der Waals surface area contributed by atoms with E-state index >= 15 is 0 Å². The van der Waals surface area contributed by atoms with Crippen LogP contribution in [0, 0.1) is 13.8 Å². The number of rotatable bonds is 3. The van der Waals surface area contributed by atoms with E-state index in [2.05, 4.69) is 10.3 Å². The molecule has 0 bridgehead atoms. The summed E-state index contributed by atoms with van der Waals surface area (Å²) in [4.78, 5) is 15.8. The highest BCUT2D eigenvalue weighted by atomic mass is 16.5. The Morgan fingerprint density at radius 2 is 2.05 bits per heavy atom. The van der Waals surface area contributed by atoms with Crippen molar-refractivity contribution in [3.63, 3.8) is 0 Å². The molecule has 0 radical (unpaired) electrons. The molecule has 3 N–H and O–H groups in total. The summed E-state index contributed by atoms with van der Waals surface area (Å²) in [5.41, 5.74) is 9.65. The third-order valence-corrected chi connectivity index (χ3v) is 3.04. The van der Waals surface area contributed by atoms with E-state index in [9.17, 15) is 4.79 Å². The molecule has 0 aliphatic rings. The van der Waals surface area contributed by atoms with Gasteiger partial charge in [0.05, 0.1) is 18.4 Å². The first kappa shape index (κ1) is 13.9. The molecule has 1 aromatic heterocycles. The lowest BCUT2D eigenvalue weighted by Crippen LogP contribution is -2.09. The highest BCUT2D eigenvalue weighted by molar-refractivity contribution is 5.98. The Bertz CT molecular complexity index is 654. The standard InChI is InChI=1S/C15H17N3O2/c1-9-4-5-10(2)12(8-9)18-14-13(16)11(6-7-17-14)15(19)20-3/h4-8H,16H2,1-3H3,(H,17,18). The number of methoxy groups -OCH3 is 1. The number of anilines is 3. The van der Waals surface area contributed by atoms with Crippen LogP contribution in [0.2, 0.25) is 0 Å². The third kappa shape index (κ3) is 2.71. The molecule has 0 amide bonds. The number of hydrogen-bond donors (Lipinski definition) is 2. The maximum absolute atomic E-state index is 11.6. The fourth-order valence-corrected chi connectivity index (χ4v) is 1.86. The number of nitrogen functional groups attached to an aromatic ring is 1. The molecule has 2 rings (SSSR count). The zero-order chi connectivity index (χ0) is 14.7. The summed E-state index contributed by atoms with van der Waals surface area (Å²) in [7, 11) is 1.32. The Kier molecular flexibility index (Phi) is 3.89. The molecule has 0 aliphatic heterocycles. The molecular weight excluding hydrogens is 254 g/mol. The highest BCUT2D eigenvalue weighted by Gasteiger charge is 2.14. The Morgan fingerprint density at radius 3 is 2.75 bits per heavy atom. The topological polar surface area (TPSA) is 77.2 Å². The SMILES string of the molecule is COC(=O)c1ccnc(Nc2cc(C)ccc2C)c1N. The van der Waals surface area contributed by atoms with Gasteiger partial charge in [-0.3, -0.25) is 0 Å². The summed E-state index contributed by atoms with van der Waals surface area (Å²) >= 11 is 0. The van der Waals surface area contributed by atoms with Gasteiger partial charge in [0.2, 0.25) is 0 Å². The van der Waals surface area contributed by atoms with Gasteiger partial charge in [-0.1, -0.05) is 12.1 Å². The van der Waals surface area contributed by atoms with Crippen LogP contribution in [0.4, 0.5) is 17.2 Å². The molecular formula is C15H17N3O2. The molecule has 2 aromatic rings. The summed E-state index contributed by atoms with van der Waals surface area (Å²) in [6, 6.07) is 7.58. The van der Waals surface area contributed by atoms with Crippen LogP contribution < -0.4 is 11.1 Å². The van der Waals surface area contributed by atoms with E-state index in [-0.39, 0.29) is 5.69 Å². The summed E-state index contributed by atoms with van der Waals surface area (Å²) in [5, 5.41) is 3.16. The number of carbonyl (C=O) groups is 1. The molecule has 1 heterocycles. The van der Waals surface area contributed by atoms with Crippen molar-refractivity contribution in [3.05, 3.63) is 47.2 Å². The number of aryl methyl sites for hydroxylation is 2. The number of nitrogens with two attached hydrogens (primary N) is 1. The number of nitrogens with one attached hydrogen (secondary N) is 1. The number of nitrogens with zero attached hydrogens (tertiary/aromatic N) is 1. The van der Waals surface area contributed by atoms with Crippen LogP contribution in [0.25, 0.3) is 0 Å². The number of carbonyl (C=O) groups excluding carboxylic acids is 1. The van der Waals surface area contributed by atoms with E-state index in [1.807, 2.05) is 32.0 Å². The summed E-state index contributed by atoms with van der Waals surface area (Å²) < 4.78 is 4.69. The summed E-state index contributed by atoms with van der Waals surface area (Å²) in [5.74, 6) is -0.0319. The average molecular weight is 271 g/mol. The molecule has 0 spiro atoms. The van der Waals surface area contributed by atoms with Crippen molar-refractivity contribution in [1.82, 2.24) is 4.98 Å². The van der Waals surface area contributed by atoms with E-state index in [1.54, 1.807) is 0 Å². The maximum Gasteiger partial charge on any atom is 0.340 e. The lowest BCUT2D eigenvalue weighted by atomic mass is 10.1. The molecule has 104 valence electrons. The van der Waals surface area contributed by atoms with E-state index in [4.69, 9.17) is 10.5 Å². The number of esters is 1. The van der Waals surface area contributed by atoms with Gasteiger partial charge < -0.3 is 15.8 Å². The van der Waals surface area contributed by atoms with E-state index in [0.717, 1.165) is 16.8 Å². The van der Waals surface area contributed by atoms with E-state index in [1.165, 1.54) is 19.4 Å². The first-order chi connectivity index (χ1) is 9.52. The summed E-state index contributed by atoms with van der Waals surface area (Å²) in [6.07, 6.45) is 1.52. The first-order valence-electron chi connectivity index (χ1n) is 6.20. The van der Waals surface area contributed by atoms with Crippen molar-refractivity contribution in [2.24, 2.45) is 0 Å². The molecule has 0 fully saturated rings. The van der Waals surface area contributed by atoms with Crippen LogP contribution in [0.1, 0.15) is 21.5 Å². The van der Waals surface area contributed by atoms with Gasteiger partial charge in [0.1, 0.15) is 0 Å². The summed E-state index contributed by atoms with van der Waals surface area (Å²) in [6.45, 7) is 3.99. The molecule has 0 saturated heterocycles. The normalized spacial score (nSPS) is 10.2. The Morgan fingerprint density at radius 1 is 1.30 bits per heavy atom. The largest absolute Gasteiger partial charge is 0.465 e. The Balaban J connectivity index is 2.39. The van der Waals surface area contributed by atoms with E-state index < -0.39 is 5.97 Å². The van der Waals surface area contributed by atoms with Gasteiger partial charge in [-0.15, -0.1) is 0 Å². The van der Waals surface area contributed by atoms with Gasteiger partial charge in [-0.05, 0) is 37.1 Å². The minimum atomic E-state index is -0.478. The minimum absolute atomic E-state index is 0.278. The molecule has 1 aromatic carbocycles. The van der Waals surface area contributed by atoms with Crippen molar-refractivity contribution >= 4 is 23.2 Å². The number of benzene rings is 1. The fraction of sp³-hybridized carbons (Fsp3) is 0.200. The smallest absolute Gasteiger partial charge is 0.340 e. The second kappa shape index (κ2) is 5.61. The molecule has 0 atom stereocenters. The zero-order valence-corrected chi connectivity index (χ0v) is 11.7. The van der Waals surface area contributed by atoms with Crippen LogP contribution in [0.15, 0.2) is 30.5 Å². The third-order valence-electron chi connectivity index (χ3n) is 3.04. The quantitative estimate of drug-likeness (QED) is 0.839. The number of hydrogen-bond acceptors (Lipinski definition) is 5. The van der Waals surface area contributed by atoms with Gasteiger partial charge in [-0.25, -0.2) is 9.78 Å². The van der Waals surface area contributed by atoms with Crippen LogP contribution >= 0.6 is 0 Å². The van der Waals surface area contributed by atoms with Crippen LogP contribution in [-0.2, 0) is 4.74 Å². The second-order valence-corrected chi connectivity index (χ2v) is 4.56.